The molecule has 0 unspecified atom stereocenters. The van der Waals surface area contributed by atoms with E-state index >= 15 is 0 Å². The predicted molar refractivity (Wildman–Crippen MR) is 129 cm³/mol. The maximum atomic E-state index is 12.7. The van der Waals surface area contributed by atoms with Gasteiger partial charge < -0.3 is 15.0 Å². The van der Waals surface area contributed by atoms with E-state index in [1.165, 1.54) is 0 Å². The summed E-state index contributed by atoms with van der Waals surface area (Å²) in [5.41, 5.74) is 4.18. The molecule has 2 N–H and O–H groups in total. The van der Waals surface area contributed by atoms with Crippen molar-refractivity contribution in [1.82, 2.24) is 9.55 Å². The first-order chi connectivity index (χ1) is 16.5. The quantitative estimate of drug-likeness (QED) is 0.409. The van der Waals surface area contributed by atoms with Crippen LogP contribution in [-0.2, 0) is 0 Å². The number of benzene rings is 3. The molecular weight excluding hydrogens is 428 g/mol. The van der Waals surface area contributed by atoms with Crippen molar-refractivity contribution >= 4 is 28.6 Å². The van der Waals surface area contributed by atoms with E-state index < -0.39 is 5.97 Å². The van der Waals surface area contributed by atoms with Crippen LogP contribution in [0.15, 0.2) is 66.7 Å². The molecule has 4 aromatic rings. The second-order valence-electron chi connectivity index (χ2n) is 8.48. The minimum Gasteiger partial charge on any atom is -0.478 e. The van der Waals surface area contributed by atoms with Crippen LogP contribution >= 0.6 is 0 Å². The minimum absolute atomic E-state index is 0.211. The van der Waals surface area contributed by atoms with Crippen molar-refractivity contribution in [3.8, 4) is 17.5 Å². The van der Waals surface area contributed by atoms with Gasteiger partial charge in [-0.2, -0.15) is 5.26 Å². The number of carboxylic acids is 1. The summed E-state index contributed by atoms with van der Waals surface area (Å²) in [6.45, 7) is 0. The van der Waals surface area contributed by atoms with Crippen molar-refractivity contribution in [3.05, 3.63) is 83.4 Å². The molecule has 0 atom stereocenters. The maximum absolute atomic E-state index is 12.7. The Balaban J connectivity index is 1.48. The number of amides is 1. The maximum Gasteiger partial charge on any atom is 0.335 e. The summed E-state index contributed by atoms with van der Waals surface area (Å²) in [6, 6.07) is 21.4. The van der Waals surface area contributed by atoms with Crippen LogP contribution < -0.4 is 5.32 Å². The molecule has 1 saturated carbocycles. The lowest BCUT2D eigenvalue weighted by Gasteiger charge is -2.16. The molecular formula is C27H22N4O3. The smallest absolute Gasteiger partial charge is 0.335 e. The highest BCUT2D eigenvalue weighted by molar-refractivity contribution is 6.04. The zero-order chi connectivity index (χ0) is 23.7. The number of fused-ring (bicyclic) bond motifs is 1. The van der Waals surface area contributed by atoms with Gasteiger partial charge in [-0.15, -0.1) is 0 Å². The molecule has 7 nitrogen and oxygen atoms in total. The number of aromatic nitrogens is 2. The van der Waals surface area contributed by atoms with Crippen molar-refractivity contribution in [3.63, 3.8) is 0 Å². The van der Waals surface area contributed by atoms with E-state index in [9.17, 15) is 14.7 Å². The van der Waals surface area contributed by atoms with E-state index in [0.717, 1.165) is 42.6 Å². The van der Waals surface area contributed by atoms with Crippen LogP contribution in [0.25, 0.3) is 22.4 Å². The molecule has 0 bridgehead atoms. The molecule has 1 heterocycles. The minimum atomic E-state index is -0.977. The van der Waals surface area contributed by atoms with Gasteiger partial charge in [0.25, 0.3) is 5.91 Å². The third kappa shape index (κ3) is 4.02. The molecule has 1 amide bonds. The summed E-state index contributed by atoms with van der Waals surface area (Å²) in [6.07, 6.45) is 4.43. The number of imidazole rings is 1. The number of hydrogen-bond acceptors (Lipinski definition) is 4. The molecule has 168 valence electrons. The Labute approximate surface area is 196 Å². The van der Waals surface area contributed by atoms with Crippen molar-refractivity contribution < 1.29 is 14.7 Å². The summed E-state index contributed by atoms with van der Waals surface area (Å²) in [4.78, 5) is 29.0. The van der Waals surface area contributed by atoms with Gasteiger partial charge >= 0.3 is 5.97 Å². The zero-order valence-electron chi connectivity index (χ0n) is 18.4. The first-order valence-corrected chi connectivity index (χ1v) is 11.2. The van der Waals surface area contributed by atoms with Crippen molar-refractivity contribution in [2.24, 2.45) is 0 Å². The Morgan fingerprint density at radius 2 is 1.74 bits per heavy atom. The lowest BCUT2D eigenvalue weighted by Crippen LogP contribution is -2.12. The topological polar surface area (TPSA) is 108 Å². The predicted octanol–water partition coefficient (Wildman–Crippen LogP) is 5.64. The Morgan fingerprint density at radius 3 is 2.44 bits per heavy atom. The highest BCUT2D eigenvalue weighted by Gasteiger charge is 2.24. The van der Waals surface area contributed by atoms with Crippen molar-refractivity contribution in [2.45, 2.75) is 31.7 Å². The van der Waals surface area contributed by atoms with E-state index in [-0.39, 0.29) is 11.5 Å². The van der Waals surface area contributed by atoms with Gasteiger partial charge in [0.1, 0.15) is 5.82 Å². The number of carbonyl (C=O) groups excluding carboxylic acids is 1. The molecule has 3 aromatic carbocycles. The normalized spacial score (nSPS) is 13.6. The fraction of sp³-hybridized carbons (Fsp3) is 0.185. The van der Waals surface area contributed by atoms with Crippen LogP contribution in [0.4, 0.5) is 5.69 Å². The number of carbonyl (C=O) groups is 2. The average molecular weight is 450 g/mol. The lowest BCUT2D eigenvalue weighted by molar-refractivity contribution is 0.0696. The van der Waals surface area contributed by atoms with Crippen LogP contribution in [-0.4, -0.2) is 26.5 Å². The molecule has 0 saturated heterocycles. The van der Waals surface area contributed by atoms with Gasteiger partial charge in [-0.1, -0.05) is 31.0 Å². The molecule has 34 heavy (non-hydrogen) atoms. The van der Waals surface area contributed by atoms with Gasteiger partial charge in [0, 0.05) is 22.9 Å². The summed E-state index contributed by atoms with van der Waals surface area (Å²) < 4.78 is 2.22. The van der Waals surface area contributed by atoms with Gasteiger partial charge in [0.2, 0.25) is 0 Å². The number of rotatable bonds is 5. The van der Waals surface area contributed by atoms with Gasteiger partial charge in [0.15, 0.2) is 0 Å². The number of anilines is 1. The Kier molecular flexibility index (Phi) is 5.56. The third-order valence-corrected chi connectivity index (χ3v) is 6.28. The second-order valence-corrected chi connectivity index (χ2v) is 8.48. The van der Waals surface area contributed by atoms with Gasteiger partial charge in [0.05, 0.1) is 28.2 Å². The summed E-state index contributed by atoms with van der Waals surface area (Å²) >= 11 is 0. The summed E-state index contributed by atoms with van der Waals surface area (Å²) in [5.74, 6) is -0.468. The summed E-state index contributed by atoms with van der Waals surface area (Å²) in [5, 5.41) is 21.2. The number of carboxylic acid groups (broad SMARTS) is 1. The van der Waals surface area contributed by atoms with Gasteiger partial charge in [-0.05, 0) is 61.4 Å². The second kappa shape index (κ2) is 8.83. The lowest BCUT2D eigenvalue weighted by atomic mass is 10.1. The average Bonchev–Trinajstić information content (AvgIpc) is 3.51. The van der Waals surface area contributed by atoms with E-state index in [1.54, 1.807) is 48.5 Å². The Hall–Kier alpha value is -4.44. The van der Waals surface area contributed by atoms with E-state index in [1.807, 2.05) is 18.2 Å². The highest BCUT2D eigenvalue weighted by Crippen LogP contribution is 2.37. The van der Waals surface area contributed by atoms with Crippen LogP contribution in [0, 0.1) is 11.3 Å². The van der Waals surface area contributed by atoms with E-state index in [4.69, 9.17) is 10.2 Å². The van der Waals surface area contributed by atoms with Crippen LogP contribution in [0.1, 0.15) is 58.0 Å². The monoisotopic (exact) mass is 450 g/mol. The van der Waals surface area contributed by atoms with Gasteiger partial charge in [-0.3, -0.25) is 4.79 Å². The fourth-order valence-electron chi connectivity index (χ4n) is 4.61. The third-order valence-electron chi connectivity index (χ3n) is 6.28. The first-order valence-electron chi connectivity index (χ1n) is 11.2. The van der Waals surface area contributed by atoms with Crippen molar-refractivity contribution in [2.75, 3.05) is 5.32 Å². The van der Waals surface area contributed by atoms with Crippen LogP contribution in [0.3, 0.4) is 0 Å². The number of hydrogen-bond donors (Lipinski definition) is 2. The molecule has 1 aliphatic rings. The molecule has 1 fully saturated rings. The molecule has 1 aromatic heterocycles. The molecule has 0 aliphatic heterocycles. The molecule has 0 radical (unpaired) electrons. The first kappa shape index (κ1) is 21.4. The Bertz CT molecular complexity index is 1440. The molecule has 5 rings (SSSR count). The Morgan fingerprint density at radius 1 is 1.00 bits per heavy atom. The zero-order valence-corrected chi connectivity index (χ0v) is 18.4. The van der Waals surface area contributed by atoms with Crippen molar-refractivity contribution in [1.29, 1.82) is 5.26 Å². The van der Waals surface area contributed by atoms with E-state index in [0.29, 0.717) is 28.4 Å². The molecule has 0 spiro atoms. The number of nitrogens with one attached hydrogen (secondary N) is 1. The molecule has 1 aliphatic carbocycles. The number of aromatic carboxylic acids is 1. The largest absolute Gasteiger partial charge is 0.478 e. The highest BCUT2D eigenvalue weighted by atomic mass is 16.4. The van der Waals surface area contributed by atoms with E-state index in [2.05, 4.69) is 16.0 Å². The molecule has 7 heteroatoms. The van der Waals surface area contributed by atoms with Gasteiger partial charge in [-0.25, -0.2) is 9.78 Å². The van der Waals surface area contributed by atoms with Crippen LogP contribution in [0.5, 0.6) is 0 Å². The number of nitriles is 1. The SMILES string of the molecule is N#Cc1cccc(NC(=O)c2ccc(-c3nc4cc(C(=O)O)ccc4n3C3CCCC3)cc2)c1. The standard InChI is InChI=1S/C27H22N4O3/c28-16-17-4-3-5-21(14-17)29-26(32)19-10-8-18(9-11-19)25-30-23-15-20(27(33)34)12-13-24(23)31(25)22-6-1-2-7-22/h3-5,8-15,22H,1-2,6-7H2,(H,29,32)(H,33,34). The summed E-state index contributed by atoms with van der Waals surface area (Å²) in [7, 11) is 0. The number of nitrogens with zero attached hydrogens (tertiary/aromatic N) is 3. The fourth-order valence-corrected chi connectivity index (χ4v) is 4.61. The van der Waals surface area contributed by atoms with Crippen LogP contribution in [0.2, 0.25) is 0 Å².